The predicted octanol–water partition coefficient (Wildman–Crippen LogP) is 4.05. The molecule has 1 aliphatic rings. The van der Waals surface area contributed by atoms with Crippen molar-refractivity contribution in [3.63, 3.8) is 0 Å². The number of nitrogens with zero attached hydrogens (tertiary/aromatic N) is 1. The highest BCUT2D eigenvalue weighted by Gasteiger charge is 2.38. The van der Waals surface area contributed by atoms with E-state index in [1.54, 1.807) is 24.9 Å². The van der Waals surface area contributed by atoms with Crippen molar-refractivity contribution < 1.29 is 23.7 Å². The molecule has 1 aliphatic heterocycles. The minimum absolute atomic E-state index is 0.0795. The summed E-state index contributed by atoms with van der Waals surface area (Å²) in [4.78, 5) is 26.7. The summed E-state index contributed by atoms with van der Waals surface area (Å²) >= 11 is 3.43. The van der Waals surface area contributed by atoms with Gasteiger partial charge in [0, 0.05) is 22.8 Å². The van der Waals surface area contributed by atoms with Gasteiger partial charge in [0.1, 0.15) is 11.3 Å². The first kappa shape index (κ1) is 25.4. The molecule has 9 heteroatoms. The first-order valence-electron chi connectivity index (χ1n) is 11.3. The van der Waals surface area contributed by atoms with E-state index in [2.05, 4.69) is 15.9 Å². The van der Waals surface area contributed by atoms with Gasteiger partial charge in [0.05, 0.1) is 32.8 Å². The Morgan fingerprint density at radius 3 is 2.39 bits per heavy atom. The van der Waals surface area contributed by atoms with Gasteiger partial charge in [-0.15, -0.1) is 0 Å². The molecule has 0 saturated carbocycles. The van der Waals surface area contributed by atoms with Crippen LogP contribution in [0.5, 0.6) is 17.2 Å². The Morgan fingerprint density at radius 2 is 1.75 bits per heavy atom. The number of rotatable bonds is 7. The second-order valence-electron chi connectivity index (χ2n) is 8.32. The highest BCUT2D eigenvalue weighted by molar-refractivity contribution is 9.10. The molecule has 0 amide bonds. The molecule has 0 radical (unpaired) electrons. The third-order valence-electron chi connectivity index (χ3n) is 6.25. The fourth-order valence-electron chi connectivity index (χ4n) is 4.44. The van der Waals surface area contributed by atoms with E-state index in [0.717, 1.165) is 15.6 Å². The molecule has 2 heterocycles. The van der Waals surface area contributed by atoms with Crippen LogP contribution in [0.2, 0.25) is 0 Å². The third-order valence-corrected chi connectivity index (χ3v) is 6.78. The summed E-state index contributed by atoms with van der Waals surface area (Å²) in [5.41, 5.74) is 8.76. The van der Waals surface area contributed by atoms with Gasteiger partial charge in [0.25, 0.3) is 5.56 Å². The fraction of sp³-hybridized carbons (Fsp3) is 0.259. The van der Waals surface area contributed by atoms with Crippen molar-refractivity contribution in [1.29, 1.82) is 0 Å². The number of esters is 1. The summed E-state index contributed by atoms with van der Waals surface area (Å²) in [6.07, 6.45) is 0.575. The molecule has 2 aromatic carbocycles. The van der Waals surface area contributed by atoms with Crippen molar-refractivity contribution in [2.45, 2.75) is 25.8 Å². The van der Waals surface area contributed by atoms with E-state index in [0.29, 0.717) is 41.5 Å². The molecule has 2 N–H and O–H groups in total. The molecule has 0 saturated heterocycles. The summed E-state index contributed by atoms with van der Waals surface area (Å²) in [5, 5.41) is 0. The van der Waals surface area contributed by atoms with Gasteiger partial charge in [0.15, 0.2) is 11.5 Å². The maximum Gasteiger partial charge on any atom is 0.340 e. The topological polar surface area (TPSA) is 102 Å². The summed E-state index contributed by atoms with van der Waals surface area (Å²) in [6.45, 7) is 2.25. The van der Waals surface area contributed by atoms with Gasteiger partial charge in [-0.3, -0.25) is 4.79 Å². The van der Waals surface area contributed by atoms with E-state index < -0.39 is 11.9 Å². The standard InChI is InChI=1S/C27H27BrN2O6/c1-15-13-21-23(26(31)30(15)12-11-16-5-10-19(33-2)20(14-16)34-3)22(17-6-8-18(28)9-7-17)24(25(29)36-21)27(32)35-4/h5-10,13-14,22H,11-12,29H2,1-4H3/t22-/m1/s1. The number of hydrogen-bond donors (Lipinski definition) is 1. The van der Waals surface area contributed by atoms with E-state index in [4.69, 9.17) is 24.7 Å². The number of methoxy groups -OCH3 is 3. The average Bonchev–Trinajstić information content (AvgIpc) is 2.87. The maximum atomic E-state index is 13.9. The van der Waals surface area contributed by atoms with Crippen molar-refractivity contribution in [3.8, 4) is 17.2 Å². The lowest BCUT2D eigenvalue weighted by atomic mass is 9.83. The molecule has 0 spiro atoms. The number of fused-ring (bicyclic) bond motifs is 1. The molecule has 188 valence electrons. The van der Waals surface area contributed by atoms with Crippen LogP contribution in [0.25, 0.3) is 0 Å². The molecule has 0 unspecified atom stereocenters. The van der Waals surface area contributed by atoms with Gasteiger partial charge in [-0.1, -0.05) is 34.1 Å². The smallest absolute Gasteiger partial charge is 0.340 e. The molecule has 36 heavy (non-hydrogen) atoms. The minimum atomic E-state index is -0.741. The zero-order valence-corrected chi connectivity index (χ0v) is 22.0. The Labute approximate surface area is 217 Å². The zero-order valence-electron chi connectivity index (χ0n) is 20.5. The second-order valence-corrected chi connectivity index (χ2v) is 9.23. The number of ether oxygens (including phenoxy) is 4. The van der Waals surface area contributed by atoms with Crippen molar-refractivity contribution >= 4 is 21.9 Å². The molecule has 0 aliphatic carbocycles. The van der Waals surface area contributed by atoms with Gasteiger partial charge in [0.2, 0.25) is 5.88 Å². The number of carbonyl (C=O) groups excluding carboxylic acids is 1. The SMILES string of the molecule is COC(=O)C1=C(N)Oc2cc(C)n(CCc3ccc(OC)c(OC)c3)c(=O)c2[C@H]1c1ccc(Br)cc1. The number of halogens is 1. The van der Waals surface area contributed by atoms with Gasteiger partial charge in [-0.2, -0.15) is 0 Å². The second kappa shape index (κ2) is 10.5. The fourth-order valence-corrected chi connectivity index (χ4v) is 4.70. The Morgan fingerprint density at radius 1 is 1.06 bits per heavy atom. The Kier molecular flexibility index (Phi) is 7.40. The molecule has 0 fully saturated rings. The zero-order chi connectivity index (χ0) is 26.0. The largest absolute Gasteiger partial charge is 0.493 e. The van der Waals surface area contributed by atoms with E-state index >= 15 is 0 Å². The van der Waals surface area contributed by atoms with Crippen LogP contribution in [0.4, 0.5) is 0 Å². The Bertz CT molecular complexity index is 1390. The van der Waals surface area contributed by atoms with Crippen LogP contribution in [0.3, 0.4) is 0 Å². The molecule has 4 rings (SSSR count). The van der Waals surface area contributed by atoms with Gasteiger partial charge >= 0.3 is 5.97 Å². The number of aromatic nitrogens is 1. The van der Waals surface area contributed by atoms with Crippen molar-refractivity contribution in [3.05, 3.63) is 97.2 Å². The minimum Gasteiger partial charge on any atom is -0.493 e. The number of nitrogens with two attached hydrogens (primary N) is 1. The average molecular weight is 555 g/mol. The molecular formula is C27H27BrN2O6. The number of benzene rings is 2. The summed E-state index contributed by atoms with van der Waals surface area (Å²) in [5.74, 6) is 0.119. The number of pyridine rings is 1. The Hall–Kier alpha value is -3.72. The Balaban J connectivity index is 1.79. The van der Waals surface area contributed by atoms with Crippen LogP contribution < -0.4 is 25.5 Å². The first-order chi connectivity index (χ1) is 17.3. The number of carbonyl (C=O) groups is 1. The van der Waals surface area contributed by atoms with Gasteiger partial charge < -0.3 is 29.2 Å². The van der Waals surface area contributed by atoms with Gasteiger partial charge in [-0.25, -0.2) is 4.79 Å². The lowest BCUT2D eigenvalue weighted by Crippen LogP contribution is -2.35. The number of aryl methyl sites for hydroxylation is 2. The highest BCUT2D eigenvalue weighted by Crippen LogP contribution is 2.41. The summed E-state index contributed by atoms with van der Waals surface area (Å²) in [7, 11) is 4.44. The van der Waals surface area contributed by atoms with Crippen LogP contribution in [0, 0.1) is 6.92 Å². The monoisotopic (exact) mass is 554 g/mol. The summed E-state index contributed by atoms with van der Waals surface area (Å²) in [6, 6.07) is 14.8. The van der Waals surface area contributed by atoms with Crippen LogP contribution in [-0.2, 0) is 22.5 Å². The molecule has 8 nitrogen and oxygen atoms in total. The maximum absolute atomic E-state index is 13.9. The van der Waals surface area contributed by atoms with Crippen LogP contribution in [-0.4, -0.2) is 31.9 Å². The molecule has 3 aromatic rings. The van der Waals surface area contributed by atoms with Crippen LogP contribution in [0.1, 0.15) is 28.3 Å². The lowest BCUT2D eigenvalue weighted by Gasteiger charge is -2.29. The summed E-state index contributed by atoms with van der Waals surface area (Å²) < 4.78 is 24.0. The van der Waals surface area contributed by atoms with E-state index in [9.17, 15) is 9.59 Å². The van der Waals surface area contributed by atoms with Gasteiger partial charge in [-0.05, 0) is 48.7 Å². The van der Waals surface area contributed by atoms with Crippen LogP contribution >= 0.6 is 15.9 Å². The van der Waals surface area contributed by atoms with E-state index in [1.165, 1.54) is 7.11 Å². The lowest BCUT2D eigenvalue weighted by molar-refractivity contribution is -0.136. The normalized spacial score (nSPS) is 14.6. The van der Waals surface area contributed by atoms with E-state index in [-0.39, 0.29) is 17.0 Å². The quantitative estimate of drug-likeness (QED) is 0.439. The third kappa shape index (κ3) is 4.70. The molecule has 1 aromatic heterocycles. The van der Waals surface area contributed by atoms with Crippen LogP contribution in [0.15, 0.2) is 69.3 Å². The van der Waals surface area contributed by atoms with E-state index in [1.807, 2.05) is 49.4 Å². The molecule has 0 bridgehead atoms. The number of hydrogen-bond acceptors (Lipinski definition) is 7. The molecular weight excluding hydrogens is 528 g/mol. The first-order valence-corrected chi connectivity index (χ1v) is 12.0. The predicted molar refractivity (Wildman–Crippen MR) is 139 cm³/mol. The highest BCUT2D eigenvalue weighted by atomic mass is 79.9. The van der Waals surface area contributed by atoms with Crippen molar-refractivity contribution in [2.75, 3.05) is 21.3 Å². The van der Waals surface area contributed by atoms with Crippen molar-refractivity contribution in [2.24, 2.45) is 5.73 Å². The van der Waals surface area contributed by atoms with Crippen molar-refractivity contribution in [1.82, 2.24) is 4.57 Å². The molecule has 1 atom stereocenters.